The average molecular weight is 229 g/mol. The molecule has 0 aliphatic heterocycles. The summed E-state index contributed by atoms with van der Waals surface area (Å²) in [6.45, 7) is 5.68. The second-order valence-corrected chi connectivity index (χ2v) is 4.53. The van der Waals surface area contributed by atoms with Crippen LogP contribution in [0.5, 0.6) is 0 Å². The molecule has 0 saturated carbocycles. The summed E-state index contributed by atoms with van der Waals surface area (Å²) < 4.78 is 0. The third kappa shape index (κ3) is 2.39. The first kappa shape index (κ1) is 11.9. The molecule has 0 amide bonds. The number of nitrogens with zero attached hydrogens (tertiary/aromatic N) is 2. The molecule has 1 aromatic heterocycles. The number of fused-ring (bicyclic) bond motifs is 1. The first-order chi connectivity index (χ1) is 8.11. The van der Waals surface area contributed by atoms with E-state index in [1.165, 1.54) is 16.5 Å². The van der Waals surface area contributed by atoms with Gasteiger partial charge in [-0.3, -0.25) is 0 Å². The molecule has 0 aliphatic rings. The number of pyridine rings is 1. The van der Waals surface area contributed by atoms with Gasteiger partial charge in [0.15, 0.2) is 0 Å². The monoisotopic (exact) mass is 229 g/mol. The third-order valence-electron chi connectivity index (χ3n) is 3.01. The molecule has 3 heteroatoms. The summed E-state index contributed by atoms with van der Waals surface area (Å²) in [7, 11) is 2.02. The van der Waals surface area contributed by atoms with Gasteiger partial charge in [0.05, 0.1) is 5.52 Å². The average Bonchev–Trinajstić information content (AvgIpc) is 2.28. The number of aryl methyl sites for hydroxylation is 2. The molecule has 0 bridgehead atoms. The van der Waals surface area contributed by atoms with E-state index in [4.69, 9.17) is 5.73 Å². The Morgan fingerprint density at radius 3 is 2.71 bits per heavy atom. The van der Waals surface area contributed by atoms with Gasteiger partial charge < -0.3 is 10.6 Å². The highest BCUT2D eigenvalue weighted by atomic mass is 15.2. The Morgan fingerprint density at radius 1 is 1.24 bits per heavy atom. The molecule has 3 nitrogen and oxygen atoms in total. The standard InChI is InChI=1S/C14H19N3/c1-10-4-5-12-11(2)9-14(16-13(12)8-10)17(3)7-6-15/h4-5,8-9H,6-7,15H2,1-3H3. The van der Waals surface area contributed by atoms with Gasteiger partial charge in [-0.15, -0.1) is 0 Å². The highest BCUT2D eigenvalue weighted by Gasteiger charge is 2.06. The zero-order valence-electron chi connectivity index (χ0n) is 10.7. The van der Waals surface area contributed by atoms with E-state index < -0.39 is 0 Å². The van der Waals surface area contributed by atoms with E-state index in [9.17, 15) is 0 Å². The number of hydrogen-bond donors (Lipinski definition) is 1. The van der Waals surface area contributed by atoms with Crippen LogP contribution < -0.4 is 10.6 Å². The van der Waals surface area contributed by atoms with Crippen LogP contribution >= 0.6 is 0 Å². The molecule has 17 heavy (non-hydrogen) atoms. The molecule has 0 unspecified atom stereocenters. The van der Waals surface area contributed by atoms with Gasteiger partial charge in [-0.05, 0) is 37.1 Å². The van der Waals surface area contributed by atoms with Gasteiger partial charge in [0.25, 0.3) is 0 Å². The summed E-state index contributed by atoms with van der Waals surface area (Å²) in [5.41, 5.74) is 9.13. The molecule has 90 valence electrons. The van der Waals surface area contributed by atoms with Crippen molar-refractivity contribution in [3.63, 3.8) is 0 Å². The normalized spacial score (nSPS) is 10.8. The molecular weight excluding hydrogens is 210 g/mol. The molecule has 0 atom stereocenters. The topological polar surface area (TPSA) is 42.1 Å². The molecule has 0 spiro atoms. The predicted octanol–water partition coefficient (Wildman–Crippen LogP) is 2.25. The van der Waals surface area contributed by atoms with Crippen LogP contribution in [0.25, 0.3) is 10.9 Å². The van der Waals surface area contributed by atoms with Gasteiger partial charge in [-0.1, -0.05) is 12.1 Å². The van der Waals surface area contributed by atoms with Crippen molar-refractivity contribution in [3.8, 4) is 0 Å². The number of benzene rings is 1. The van der Waals surface area contributed by atoms with Crippen LogP contribution in [0.3, 0.4) is 0 Å². The molecule has 0 saturated heterocycles. The first-order valence-corrected chi connectivity index (χ1v) is 5.91. The lowest BCUT2D eigenvalue weighted by atomic mass is 10.1. The quantitative estimate of drug-likeness (QED) is 0.877. The van der Waals surface area contributed by atoms with Gasteiger partial charge in [-0.25, -0.2) is 4.98 Å². The minimum Gasteiger partial charge on any atom is -0.358 e. The van der Waals surface area contributed by atoms with Crippen molar-refractivity contribution in [2.45, 2.75) is 13.8 Å². The van der Waals surface area contributed by atoms with Gasteiger partial charge in [0, 0.05) is 25.5 Å². The molecule has 1 aromatic carbocycles. The Labute approximate surface area is 102 Å². The fourth-order valence-corrected chi connectivity index (χ4v) is 2.00. The summed E-state index contributed by atoms with van der Waals surface area (Å²) >= 11 is 0. The van der Waals surface area contributed by atoms with E-state index in [2.05, 4.69) is 48.0 Å². The van der Waals surface area contributed by atoms with Crippen LogP contribution in [-0.2, 0) is 0 Å². The molecule has 2 N–H and O–H groups in total. The van der Waals surface area contributed by atoms with E-state index in [1.807, 2.05) is 7.05 Å². The second-order valence-electron chi connectivity index (χ2n) is 4.53. The summed E-state index contributed by atoms with van der Waals surface area (Å²) in [6, 6.07) is 8.51. The minimum absolute atomic E-state index is 0.642. The van der Waals surface area contributed by atoms with E-state index in [0.29, 0.717) is 6.54 Å². The Morgan fingerprint density at radius 2 is 2.00 bits per heavy atom. The Bertz CT molecular complexity index is 534. The van der Waals surface area contributed by atoms with Crippen molar-refractivity contribution < 1.29 is 0 Å². The van der Waals surface area contributed by atoms with E-state index in [-0.39, 0.29) is 0 Å². The van der Waals surface area contributed by atoms with Crippen molar-refractivity contribution >= 4 is 16.7 Å². The molecule has 0 fully saturated rings. The van der Waals surface area contributed by atoms with Crippen LogP contribution in [0, 0.1) is 13.8 Å². The minimum atomic E-state index is 0.642. The molecule has 2 rings (SSSR count). The van der Waals surface area contributed by atoms with Gasteiger partial charge in [0.1, 0.15) is 5.82 Å². The number of nitrogens with two attached hydrogens (primary N) is 1. The summed E-state index contributed by atoms with van der Waals surface area (Å²) in [5, 5.41) is 1.22. The lowest BCUT2D eigenvalue weighted by Gasteiger charge is -2.18. The number of likely N-dealkylation sites (N-methyl/N-ethyl adjacent to an activating group) is 1. The Kier molecular flexibility index (Phi) is 3.29. The number of hydrogen-bond acceptors (Lipinski definition) is 3. The fourth-order valence-electron chi connectivity index (χ4n) is 2.00. The van der Waals surface area contributed by atoms with Gasteiger partial charge >= 0.3 is 0 Å². The van der Waals surface area contributed by atoms with Gasteiger partial charge in [0.2, 0.25) is 0 Å². The van der Waals surface area contributed by atoms with E-state index in [1.54, 1.807) is 0 Å². The molecule has 0 radical (unpaired) electrons. The maximum atomic E-state index is 5.57. The first-order valence-electron chi connectivity index (χ1n) is 5.91. The summed E-state index contributed by atoms with van der Waals surface area (Å²) in [5.74, 6) is 0.992. The number of anilines is 1. The smallest absolute Gasteiger partial charge is 0.129 e. The van der Waals surface area contributed by atoms with Gasteiger partial charge in [-0.2, -0.15) is 0 Å². The predicted molar refractivity (Wildman–Crippen MR) is 73.5 cm³/mol. The Balaban J connectivity index is 2.53. The van der Waals surface area contributed by atoms with E-state index in [0.717, 1.165) is 17.9 Å². The molecule has 2 aromatic rings. The maximum Gasteiger partial charge on any atom is 0.129 e. The Hall–Kier alpha value is -1.61. The summed E-state index contributed by atoms with van der Waals surface area (Å²) in [4.78, 5) is 6.78. The van der Waals surface area contributed by atoms with Crippen molar-refractivity contribution in [3.05, 3.63) is 35.4 Å². The number of rotatable bonds is 3. The zero-order valence-corrected chi connectivity index (χ0v) is 10.7. The third-order valence-corrected chi connectivity index (χ3v) is 3.01. The fraction of sp³-hybridized carbons (Fsp3) is 0.357. The second kappa shape index (κ2) is 4.72. The molecular formula is C14H19N3. The SMILES string of the molecule is Cc1ccc2c(C)cc(N(C)CCN)nc2c1. The highest BCUT2D eigenvalue weighted by molar-refractivity contribution is 5.84. The largest absolute Gasteiger partial charge is 0.358 e. The van der Waals surface area contributed by atoms with Crippen molar-refractivity contribution in [1.29, 1.82) is 0 Å². The highest BCUT2D eigenvalue weighted by Crippen LogP contribution is 2.22. The molecule has 0 aliphatic carbocycles. The van der Waals surface area contributed by atoms with Crippen molar-refractivity contribution in [1.82, 2.24) is 4.98 Å². The van der Waals surface area contributed by atoms with Crippen LogP contribution in [0.2, 0.25) is 0 Å². The zero-order chi connectivity index (χ0) is 12.4. The van der Waals surface area contributed by atoms with Crippen LogP contribution in [-0.4, -0.2) is 25.1 Å². The maximum absolute atomic E-state index is 5.57. The van der Waals surface area contributed by atoms with E-state index >= 15 is 0 Å². The van der Waals surface area contributed by atoms with Crippen LogP contribution in [0.1, 0.15) is 11.1 Å². The van der Waals surface area contributed by atoms with Crippen molar-refractivity contribution in [2.75, 3.05) is 25.0 Å². The van der Waals surface area contributed by atoms with Crippen LogP contribution in [0.4, 0.5) is 5.82 Å². The van der Waals surface area contributed by atoms with Crippen LogP contribution in [0.15, 0.2) is 24.3 Å². The number of aromatic nitrogens is 1. The molecule has 1 heterocycles. The lowest BCUT2D eigenvalue weighted by molar-refractivity contribution is 0.871. The lowest BCUT2D eigenvalue weighted by Crippen LogP contribution is -2.25. The van der Waals surface area contributed by atoms with Crippen molar-refractivity contribution in [2.24, 2.45) is 5.73 Å². The summed E-state index contributed by atoms with van der Waals surface area (Å²) in [6.07, 6.45) is 0.